The number of aromatic nitrogens is 2. The topological polar surface area (TPSA) is 64.3 Å². The maximum absolute atomic E-state index is 6.26. The number of rotatable bonds is 4. The molecule has 19 heavy (non-hydrogen) atoms. The van der Waals surface area contributed by atoms with Gasteiger partial charge in [0.15, 0.2) is 0 Å². The fourth-order valence-electron chi connectivity index (χ4n) is 1.86. The van der Waals surface area contributed by atoms with E-state index in [0.29, 0.717) is 11.6 Å². The molecule has 1 heterocycles. The van der Waals surface area contributed by atoms with E-state index in [1.165, 1.54) is 0 Å². The molecule has 0 radical (unpaired) electrons. The zero-order valence-electron chi connectivity index (χ0n) is 11.4. The molecule has 0 bridgehead atoms. The number of benzene rings is 1. The lowest BCUT2D eigenvalue weighted by Crippen LogP contribution is -2.16. The minimum absolute atomic E-state index is 0.358. The second kappa shape index (κ2) is 5.67. The molecule has 0 spiro atoms. The second-order valence-corrected chi connectivity index (χ2v) is 4.42. The molecule has 100 valence electrons. The van der Waals surface area contributed by atoms with Crippen molar-refractivity contribution in [3.63, 3.8) is 0 Å². The monoisotopic (exact) mass is 258 g/mol. The van der Waals surface area contributed by atoms with Crippen LogP contribution >= 0.6 is 0 Å². The SMILES string of the molecule is COc1nccnc1C(N)c1cccc(N(C)C)c1. The van der Waals surface area contributed by atoms with Gasteiger partial charge in [0.05, 0.1) is 13.2 Å². The Kier molecular flexibility index (Phi) is 3.97. The van der Waals surface area contributed by atoms with Crippen molar-refractivity contribution in [1.82, 2.24) is 9.97 Å². The van der Waals surface area contributed by atoms with Crippen LogP contribution in [0.3, 0.4) is 0 Å². The molecule has 0 aliphatic carbocycles. The summed E-state index contributed by atoms with van der Waals surface area (Å²) in [6.45, 7) is 0. The third kappa shape index (κ3) is 2.82. The van der Waals surface area contributed by atoms with E-state index < -0.39 is 0 Å². The van der Waals surface area contributed by atoms with E-state index in [9.17, 15) is 0 Å². The summed E-state index contributed by atoms with van der Waals surface area (Å²) in [5, 5.41) is 0. The fraction of sp³-hybridized carbons (Fsp3) is 0.286. The number of methoxy groups -OCH3 is 1. The molecular weight excluding hydrogens is 240 g/mol. The first-order valence-corrected chi connectivity index (χ1v) is 6.01. The number of nitrogens with zero attached hydrogens (tertiary/aromatic N) is 3. The van der Waals surface area contributed by atoms with E-state index in [1.54, 1.807) is 19.5 Å². The maximum Gasteiger partial charge on any atom is 0.237 e. The van der Waals surface area contributed by atoms with Gasteiger partial charge < -0.3 is 15.4 Å². The summed E-state index contributed by atoms with van der Waals surface area (Å²) in [6, 6.07) is 7.67. The van der Waals surface area contributed by atoms with Crippen LogP contribution < -0.4 is 15.4 Å². The van der Waals surface area contributed by atoms with E-state index >= 15 is 0 Å². The summed E-state index contributed by atoms with van der Waals surface area (Å²) in [5.74, 6) is 0.463. The number of ether oxygens (including phenoxy) is 1. The summed E-state index contributed by atoms with van der Waals surface area (Å²) in [4.78, 5) is 10.4. The average molecular weight is 258 g/mol. The van der Waals surface area contributed by atoms with Crippen LogP contribution in [0.4, 0.5) is 5.69 Å². The van der Waals surface area contributed by atoms with Crippen molar-refractivity contribution in [2.75, 3.05) is 26.1 Å². The molecule has 1 atom stereocenters. The largest absolute Gasteiger partial charge is 0.480 e. The molecule has 2 N–H and O–H groups in total. The van der Waals surface area contributed by atoms with Crippen LogP contribution in [0, 0.1) is 0 Å². The van der Waals surface area contributed by atoms with Crippen LogP contribution in [0.2, 0.25) is 0 Å². The van der Waals surface area contributed by atoms with E-state index in [0.717, 1.165) is 11.3 Å². The molecule has 5 nitrogen and oxygen atoms in total. The highest BCUT2D eigenvalue weighted by Gasteiger charge is 2.16. The van der Waals surface area contributed by atoms with Gasteiger partial charge in [0, 0.05) is 32.2 Å². The quantitative estimate of drug-likeness (QED) is 0.902. The second-order valence-electron chi connectivity index (χ2n) is 4.42. The van der Waals surface area contributed by atoms with E-state index in [1.807, 2.05) is 43.3 Å². The van der Waals surface area contributed by atoms with Crippen molar-refractivity contribution in [2.45, 2.75) is 6.04 Å². The number of hydrogen-bond acceptors (Lipinski definition) is 5. The molecule has 0 aliphatic rings. The summed E-state index contributed by atoms with van der Waals surface area (Å²) < 4.78 is 5.20. The van der Waals surface area contributed by atoms with E-state index in [2.05, 4.69) is 9.97 Å². The Balaban J connectivity index is 2.38. The number of anilines is 1. The van der Waals surface area contributed by atoms with Gasteiger partial charge >= 0.3 is 0 Å². The van der Waals surface area contributed by atoms with Gasteiger partial charge in [0.25, 0.3) is 0 Å². The van der Waals surface area contributed by atoms with Crippen molar-refractivity contribution in [3.8, 4) is 5.88 Å². The van der Waals surface area contributed by atoms with Crippen LogP contribution in [-0.4, -0.2) is 31.2 Å². The molecule has 0 saturated carbocycles. The molecule has 0 amide bonds. The van der Waals surface area contributed by atoms with Gasteiger partial charge in [0.1, 0.15) is 5.69 Å². The highest BCUT2D eigenvalue weighted by Crippen LogP contribution is 2.26. The molecule has 2 aromatic rings. The zero-order chi connectivity index (χ0) is 13.8. The third-order valence-corrected chi connectivity index (χ3v) is 2.92. The molecule has 1 unspecified atom stereocenters. The van der Waals surface area contributed by atoms with Gasteiger partial charge in [-0.2, -0.15) is 0 Å². The Hall–Kier alpha value is -2.14. The maximum atomic E-state index is 6.26. The normalized spacial score (nSPS) is 12.0. The van der Waals surface area contributed by atoms with Gasteiger partial charge in [-0.25, -0.2) is 4.98 Å². The predicted molar refractivity (Wildman–Crippen MR) is 75.4 cm³/mol. The Morgan fingerprint density at radius 3 is 2.63 bits per heavy atom. The van der Waals surface area contributed by atoms with Gasteiger partial charge in [-0.05, 0) is 17.7 Å². The first-order chi connectivity index (χ1) is 9.13. The Morgan fingerprint density at radius 2 is 1.95 bits per heavy atom. The van der Waals surface area contributed by atoms with Gasteiger partial charge in [-0.15, -0.1) is 0 Å². The summed E-state index contributed by atoms with van der Waals surface area (Å²) in [6.07, 6.45) is 3.21. The van der Waals surface area contributed by atoms with Crippen LogP contribution in [0.15, 0.2) is 36.7 Å². The standard InChI is InChI=1S/C14H18N4O/c1-18(2)11-6-4-5-10(9-11)12(15)13-14(19-3)17-8-7-16-13/h4-9,12H,15H2,1-3H3. The Labute approximate surface area is 113 Å². The summed E-state index contributed by atoms with van der Waals surface area (Å²) in [7, 11) is 5.55. The molecule has 0 fully saturated rings. The Morgan fingerprint density at radius 1 is 1.21 bits per heavy atom. The van der Waals surface area contributed by atoms with Crippen molar-refractivity contribution >= 4 is 5.69 Å². The first kappa shape index (κ1) is 13.3. The summed E-state index contributed by atoms with van der Waals surface area (Å²) >= 11 is 0. The molecule has 2 rings (SSSR count). The highest BCUT2D eigenvalue weighted by molar-refractivity contribution is 5.49. The van der Waals surface area contributed by atoms with Crippen molar-refractivity contribution in [2.24, 2.45) is 5.73 Å². The molecule has 1 aromatic carbocycles. The van der Waals surface area contributed by atoms with Crippen LogP contribution in [0.25, 0.3) is 0 Å². The van der Waals surface area contributed by atoms with Gasteiger partial charge in [-0.3, -0.25) is 4.98 Å². The lowest BCUT2D eigenvalue weighted by molar-refractivity contribution is 0.387. The molecule has 1 aromatic heterocycles. The molecule has 0 aliphatic heterocycles. The van der Waals surface area contributed by atoms with Crippen LogP contribution in [0.1, 0.15) is 17.3 Å². The predicted octanol–water partition coefficient (Wildman–Crippen LogP) is 1.60. The fourth-order valence-corrected chi connectivity index (χ4v) is 1.86. The van der Waals surface area contributed by atoms with Crippen molar-refractivity contribution < 1.29 is 4.74 Å². The highest BCUT2D eigenvalue weighted by atomic mass is 16.5. The van der Waals surface area contributed by atoms with Crippen LogP contribution in [-0.2, 0) is 0 Å². The van der Waals surface area contributed by atoms with Crippen LogP contribution in [0.5, 0.6) is 5.88 Å². The minimum atomic E-state index is -0.358. The van der Waals surface area contributed by atoms with Crippen molar-refractivity contribution in [1.29, 1.82) is 0 Å². The minimum Gasteiger partial charge on any atom is -0.480 e. The number of nitrogens with two attached hydrogens (primary N) is 1. The molecule has 5 heteroatoms. The number of hydrogen-bond donors (Lipinski definition) is 1. The summed E-state index contributed by atoms with van der Waals surface area (Å²) in [5.41, 5.74) is 8.97. The lowest BCUT2D eigenvalue weighted by Gasteiger charge is -2.17. The third-order valence-electron chi connectivity index (χ3n) is 2.92. The average Bonchev–Trinajstić information content (AvgIpc) is 2.46. The Bertz CT molecular complexity index is 557. The lowest BCUT2D eigenvalue weighted by atomic mass is 10.0. The van der Waals surface area contributed by atoms with Gasteiger partial charge in [0.2, 0.25) is 5.88 Å². The zero-order valence-corrected chi connectivity index (χ0v) is 11.4. The molecule has 0 saturated heterocycles. The first-order valence-electron chi connectivity index (χ1n) is 6.01. The van der Waals surface area contributed by atoms with E-state index in [-0.39, 0.29) is 6.04 Å². The van der Waals surface area contributed by atoms with Crippen molar-refractivity contribution in [3.05, 3.63) is 47.9 Å². The molecular formula is C14H18N4O. The van der Waals surface area contributed by atoms with Gasteiger partial charge in [-0.1, -0.05) is 12.1 Å². The van der Waals surface area contributed by atoms with E-state index in [4.69, 9.17) is 10.5 Å². The smallest absolute Gasteiger partial charge is 0.237 e.